The lowest BCUT2D eigenvalue weighted by molar-refractivity contribution is -0.288. The summed E-state index contributed by atoms with van der Waals surface area (Å²) in [5.41, 5.74) is 2.93. The van der Waals surface area contributed by atoms with Crippen LogP contribution in [0.4, 0.5) is 0 Å². The second-order valence-corrected chi connectivity index (χ2v) is 15.9. The first-order chi connectivity index (χ1) is 29.5. The van der Waals surface area contributed by atoms with Crippen LogP contribution < -0.4 is 18.9 Å². The second kappa shape index (κ2) is 22.1. The molecule has 0 radical (unpaired) electrons. The van der Waals surface area contributed by atoms with Crippen LogP contribution in [-0.2, 0) is 70.2 Å². The molecule has 1 heterocycles. The third kappa shape index (κ3) is 14.5. The monoisotopic (exact) mass is 878 g/mol. The normalized spacial score (nSPS) is 18.5. The molecule has 62 heavy (non-hydrogen) atoms. The number of aryl methyl sites for hydroxylation is 1. The predicted octanol–water partition coefficient (Wildman–Crippen LogP) is 6.16. The third-order valence-electron chi connectivity index (χ3n) is 9.08. The maximum atomic E-state index is 12.6. The molecule has 5 rings (SSSR count). The van der Waals surface area contributed by atoms with E-state index in [0.717, 1.165) is 32.6 Å². The molecule has 0 spiro atoms. The van der Waals surface area contributed by atoms with Gasteiger partial charge in [-0.25, -0.2) is 0 Å². The molecule has 16 nitrogen and oxygen atoms in total. The number of esters is 4. The van der Waals surface area contributed by atoms with E-state index in [4.69, 9.17) is 46.8 Å². The number of benzene rings is 4. The highest BCUT2D eigenvalue weighted by Crippen LogP contribution is 2.39. The van der Waals surface area contributed by atoms with Gasteiger partial charge in [0.05, 0.1) is 19.5 Å². The van der Waals surface area contributed by atoms with Crippen molar-refractivity contribution in [3.05, 3.63) is 113 Å². The number of hydrogen-bond acceptors (Lipinski definition) is 16. The first-order valence-electron chi connectivity index (χ1n) is 19.6. The van der Waals surface area contributed by atoms with Crippen molar-refractivity contribution in [1.82, 2.24) is 0 Å². The molecule has 17 heteroatoms. The van der Waals surface area contributed by atoms with Crippen LogP contribution in [-0.4, -0.2) is 89.1 Å². The van der Waals surface area contributed by atoms with E-state index in [2.05, 4.69) is 0 Å². The third-order valence-corrected chi connectivity index (χ3v) is 9.67. The van der Waals surface area contributed by atoms with Crippen LogP contribution in [0.15, 0.2) is 91.0 Å². The van der Waals surface area contributed by atoms with E-state index in [-0.39, 0.29) is 32.0 Å². The zero-order chi connectivity index (χ0) is 44.8. The van der Waals surface area contributed by atoms with Crippen molar-refractivity contribution in [1.29, 1.82) is 0 Å². The lowest BCUT2D eigenvalue weighted by Gasteiger charge is -2.44. The van der Waals surface area contributed by atoms with Crippen molar-refractivity contribution in [2.45, 2.75) is 84.8 Å². The quantitative estimate of drug-likeness (QED) is 0.0423. The smallest absolute Gasteiger partial charge is 0.303 e. The van der Waals surface area contributed by atoms with Gasteiger partial charge in [0.1, 0.15) is 48.1 Å². The largest absolute Gasteiger partial charge is 0.493 e. The number of ether oxygens (including phenoxy) is 9. The Labute approximate surface area is 360 Å². The number of para-hydroxylation sites is 1. The standard InChI is InChI=1S/C45H50O16S/c1-28-22-37(54-26-33-14-9-7-10-15-33)25-40(60-45-44(58-32(5)49)43(57-31(4)48)42(56-30(3)47)41(61-45)27-53-29(2)46)38(28)23-34-18-19-36(52-20-13-21-55-62(6,50)51)24-39(34)59-35-16-11-8-12-17-35/h7-12,14-19,22,24-25,41-45H,13,20-21,23,26-27H2,1-6H3/t41-,42-,43+,44-,45-/m1/s1. The van der Waals surface area contributed by atoms with Gasteiger partial charge in [0.2, 0.25) is 12.4 Å². The molecule has 1 fully saturated rings. The number of carbonyl (C=O) groups excluding carboxylic acids is 4. The van der Waals surface area contributed by atoms with Crippen molar-refractivity contribution < 1.29 is 74.4 Å². The summed E-state index contributed by atoms with van der Waals surface area (Å²) in [6.07, 6.45) is -5.63. The molecule has 0 N–H and O–H groups in total. The minimum Gasteiger partial charge on any atom is -0.493 e. The zero-order valence-electron chi connectivity index (χ0n) is 35.2. The van der Waals surface area contributed by atoms with Gasteiger partial charge in [-0.2, -0.15) is 8.42 Å². The molecule has 0 aliphatic carbocycles. The maximum Gasteiger partial charge on any atom is 0.303 e. The number of hydrogen-bond donors (Lipinski definition) is 0. The average molecular weight is 879 g/mol. The molecule has 0 aromatic heterocycles. The highest BCUT2D eigenvalue weighted by molar-refractivity contribution is 7.85. The van der Waals surface area contributed by atoms with Crippen LogP contribution >= 0.6 is 0 Å². The SMILES string of the molecule is CC(=O)OC[C@H]1O[C@@H](Oc2cc(OCc3ccccc3)cc(C)c2Cc2ccc(OCCCOS(C)(=O)=O)cc2Oc2ccccc2)[C@H](OC(C)=O)[C@@H](OC(C)=O)[C@@H]1OC(C)=O. The minimum atomic E-state index is -3.59. The molecule has 0 saturated carbocycles. The maximum absolute atomic E-state index is 12.6. The summed E-state index contributed by atoms with van der Waals surface area (Å²) in [4.78, 5) is 49.5. The predicted molar refractivity (Wildman–Crippen MR) is 221 cm³/mol. The van der Waals surface area contributed by atoms with Gasteiger partial charge in [0.25, 0.3) is 10.1 Å². The topological polar surface area (TPSA) is 195 Å². The van der Waals surface area contributed by atoms with E-state index in [1.807, 2.05) is 67.6 Å². The lowest BCUT2D eigenvalue weighted by atomic mass is 9.97. The fraction of sp³-hybridized carbons (Fsp3) is 0.378. The Morgan fingerprint density at radius 1 is 0.661 bits per heavy atom. The highest BCUT2D eigenvalue weighted by Gasteiger charge is 2.53. The summed E-state index contributed by atoms with van der Waals surface area (Å²) in [6.45, 7) is 6.36. The molecule has 1 aliphatic rings. The molecule has 332 valence electrons. The fourth-order valence-corrected chi connectivity index (χ4v) is 6.87. The molecule has 1 saturated heterocycles. The van der Waals surface area contributed by atoms with E-state index in [1.165, 1.54) is 6.92 Å². The van der Waals surface area contributed by atoms with Crippen molar-refractivity contribution in [3.63, 3.8) is 0 Å². The Morgan fingerprint density at radius 2 is 1.29 bits per heavy atom. The first kappa shape index (κ1) is 46.9. The summed E-state index contributed by atoms with van der Waals surface area (Å²) in [6, 6.07) is 27.4. The summed E-state index contributed by atoms with van der Waals surface area (Å²) in [5.74, 6) is -0.938. The Kier molecular flexibility index (Phi) is 16.7. The summed E-state index contributed by atoms with van der Waals surface area (Å²) < 4.78 is 81.3. The van der Waals surface area contributed by atoms with Crippen LogP contribution in [0.2, 0.25) is 0 Å². The van der Waals surface area contributed by atoms with E-state index in [9.17, 15) is 27.6 Å². The fourth-order valence-electron chi connectivity index (χ4n) is 6.45. The number of carbonyl (C=O) groups is 4. The minimum absolute atomic E-state index is 0.0447. The van der Waals surface area contributed by atoms with Gasteiger partial charge in [-0.3, -0.25) is 23.4 Å². The summed E-state index contributed by atoms with van der Waals surface area (Å²) in [5, 5.41) is 0. The van der Waals surface area contributed by atoms with Crippen LogP contribution in [0.3, 0.4) is 0 Å². The molecule has 0 bridgehead atoms. The molecule has 0 amide bonds. The van der Waals surface area contributed by atoms with Crippen LogP contribution in [0.1, 0.15) is 56.4 Å². The second-order valence-electron chi connectivity index (χ2n) is 14.3. The molecular formula is C45H50O16S. The van der Waals surface area contributed by atoms with Crippen molar-refractivity contribution >= 4 is 34.0 Å². The van der Waals surface area contributed by atoms with Crippen LogP contribution in [0.25, 0.3) is 0 Å². The Balaban J connectivity index is 1.57. The van der Waals surface area contributed by atoms with E-state index >= 15 is 0 Å². The molecule has 1 aliphatic heterocycles. The van der Waals surface area contributed by atoms with Gasteiger partial charge in [-0.15, -0.1) is 0 Å². The average Bonchev–Trinajstić information content (AvgIpc) is 3.20. The van der Waals surface area contributed by atoms with Crippen molar-refractivity contribution in [2.75, 3.05) is 26.1 Å². The van der Waals surface area contributed by atoms with Gasteiger partial charge < -0.3 is 42.6 Å². The number of rotatable bonds is 20. The molecule has 4 aromatic carbocycles. The van der Waals surface area contributed by atoms with Gasteiger partial charge in [-0.1, -0.05) is 54.6 Å². The first-order valence-corrected chi connectivity index (χ1v) is 21.5. The summed E-state index contributed by atoms with van der Waals surface area (Å²) in [7, 11) is -3.59. The van der Waals surface area contributed by atoms with Gasteiger partial charge in [0, 0.05) is 58.2 Å². The molecule has 4 aromatic rings. The lowest BCUT2D eigenvalue weighted by Crippen LogP contribution is -2.63. The van der Waals surface area contributed by atoms with E-state index in [1.54, 1.807) is 30.3 Å². The van der Waals surface area contributed by atoms with Crippen molar-refractivity contribution in [2.24, 2.45) is 0 Å². The summed E-state index contributed by atoms with van der Waals surface area (Å²) >= 11 is 0. The Morgan fingerprint density at radius 3 is 1.94 bits per heavy atom. The van der Waals surface area contributed by atoms with E-state index in [0.29, 0.717) is 46.1 Å². The van der Waals surface area contributed by atoms with Crippen molar-refractivity contribution in [3.8, 4) is 28.7 Å². The zero-order valence-corrected chi connectivity index (χ0v) is 36.0. The molecular weight excluding hydrogens is 829 g/mol. The van der Waals surface area contributed by atoms with E-state index < -0.39 is 71.3 Å². The Bertz CT molecular complexity index is 2260. The molecule has 5 atom stereocenters. The van der Waals surface area contributed by atoms with Gasteiger partial charge in [-0.05, 0) is 47.9 Å². The highest BCUT2D eigenvalue weighted by atomic mass is 32.2. The van der Waals surface area contributed by atoms with Crippen LogP contribution in [0.5, 0.6) is 28.7 Å². The van der Waals surface area contributed by atoms with Gasteiger partial charge in [0.15, 0.2) is 12.2 Å². The van der Waals surface area contributed by atoms with Crippen LogP contribution in [0, 0.1) is 6.92 Å². The van der Waals surface area contributed by atoms with Gasteiger partial charge >= 0.3 is 23.9 Å². The Hall–Kier alpha value is -6.17. The molecule has 0 unspecified atom stereocenters.